The highest BCUT2D eigenvalue weighted by atomic mass is 31.2. The molecular weight excluding hydrogens is 311 g/mol. The Morgan fingerprint density at radius 2 is 1.43 bits per heavy atom. The summed E-state index contributed by atoms with van der Waals surface area (Å²) >= 11 is 0. The van der Waals surface area contributed by atoms with Gasteiger partial charge in [0.2, 0.25) is 0 Å². The zero-order valence-electron chi connectivity index (χ0n) is 13.2. The third-order valence-corrected chi connectivity index (χ3v) is 4.21. The van der Waals surface area contributed by atoms with Crippen LogP contribution >= 0.6 is 7.82 Å². The van der Waals surface area contributed by atoms with Crippen LogP contribution in [0.2, 0.25) is 0 Å². The molecule has 2 aromatic carbocycles. The second kappa shape index (κ2) is 8.10. The van der Waals surface area contributed by atoms with E-state index < -0.39 is 7.82 Å². The van der Waals surface area contributed by atoms with Gasteiger partial charge in [0.05, 0.1) is 6.61 Å². The predicted octanol–water partition coefficient (Wildman–Crippen LogP) is 3.91. The van der Waals surface area contributed by atoms with Crippen molar-refractivity contribution < 1.29 is 18.5 Å². The largest absolute Gasteiger partial charge is 0.472 e. The van der Waals surface area contributed by atoms with E-state index in [-0.39, 0.29) is 6.61 Å². The molecule has 1 unspecified atom stereocenters. The van der Waals surface area contributed by atoms with Gasteiger partial charge in [-0.25, -0.2) is 4.57 Å². The fraction of sp³-hybridized carbons (Fsp3) is 0.222. The smallest absolute Gasteiger partial charge is 0.302 e. The molecule has 0 saturated carbocycles. The Hall–Kier alpha value is -1.89. The molecule has 120 valence electrons. The molecule has 1 N–H and O–H groups in total. The molecule has 0 fully saturated rings. The highest BCUT2D eigenvalue weighted by Gasteiger charge is 2.17. The molecule has 0 spiro atoms. The number of aryl methyl sites for hydroxylation is 1. The lowest BCUT2D eigenvalue weighted by Crippen LogP contribution is -1.93. The zero-order valence-corrected chi connectivity index (χ0v) is 14.0. The Morgan fingerprint density at radius 1 is 0.957 bits per heavy atom. The number of hydrogen-bond acceptors (Lipinski definition) is 3. The predicted molar refractivity (Wildman–Crippen MR) is 89.9 cm³/mol. The van der Waals surface area contributed by atoms with Crippen molar-refractivity contribution in [1.29, 1.82) is 0 Å². The van der Waals surface area contributed by atoms with Crippen LogP contribution in [0.4, 0.5) is 0 Å². The maximum atomic E-state index is 11.2. The summed E-state index contributed by atoms with van der Waals surface area (Å²) in [6, 6.07) is 15.5. The minimum absolute atomic E-state index is 0.00774. The lowest BCUT2D eigenvalue weighted by atomic mass is 10.1. The normalized spacial score (nSPS) is 13.0. The average molecular weight is 330 g/mol. The molecule has 0 bridgehead atoms. The Morgan fingerprint density at radius 3 is 1.87 bits per heavy atom. The van der Waals surface area contributed by atoms with E-state index in [0.717, 1.165) is 30.2 Å². The van der Waals surface area contributed by atoms with Crippen LogP contribution < -0.4 is 0 Å². The highest BCUT2D eigenvalue weighted by molar-refractivity contribution is 7.47. The minimum atomic E-state index is -3.94. The number of rotatable bonds is 5. The fourth-order valence-electron chi connectivity index (χ4n) is 1.86. The standard InChI is InChI=1S/C18H19O4P/c1-3-15-4-6-16(7-5-15)8-9-17-10-12-18(13-11-17)14-22-23(19,20)21-2/h4-7,10-13H,3,14H2,1-2H3,(H,19,20). The van der Waals surface area contributed by atoms with Crippen molar-refractivity contribution in [2.24, 2.45) is 0 Å². The molecule has 0 aliphatic rings. The van der Waals surface area contributed by atoms with Gasteiger partial charge in [0.1, 0.15) is 0 Å². The van der Waals surface area contributed by atoms with E-state index >= 15 is 0 Å². The molecule has 0 aliphatic heterocycles. The van der Waals surface area contributed by atoms with Crippen molar-refractivity contribution in [3.63, 3.8) is 0 Å². The molecule has 2 rings (SSSR count). The van der Waals surface area contributed by atoms with Crippen molar-refractivity contribution in [2.75, 3.05) is 7.11 Å². The maximum absolute atomic E-state index is 11.2. The molecule has 1 atom stereocenters. The summed E-state index contributed by atoms with van der Waals surface area (Å²) in [5.74, 6) is 6.20. The van der Waals surface area contributed by atoms with Crippen LogP contribution in [0.3, 0.4) is 0 Å². The van der Waals surface area contributed by atoms with Crippen LogP contribution in [-0.2, 0) is 26.6 Å². The van der Waals surface area contributed by atoms with E-state index in [1.165, 1.54) is 5.56 Å². The summed E-state index contributed by atoms with van der Waals surface area (Å²) in [5.41, 5.74) is 3.90. The van der Waals surface area contributed by atoms with Crippen molar-refractivity contribution >= 4 is 7.82 Å². The van der Waals surface area contributed by atoms with Gasteiger partial charge in [0.25, 0.3) is 0 Å². The van der Waals surface area contributed by atoms with Crippen molar-refractivity contribution in [3.05, 3.63) is 70.8 Å². The molecule has 23 heavy (non-hydrogen) atoms. The molecule has 5 heteroatoms. The van der Waals surface area contributed by atoms with Crippen LogP contribution in [0.15, 0.2) is 48.5 Å². The first kappa shape index (κ1) is 17.5. The second-order valence-corrected chi connectivity index (χ2v) is 6.48. The van der Waals surface area contributed by atoms with Crippen molar-refractivity contribution in [2.45, 2.75) is 20.0 Å². The first-order valence-corrected chi connectivity index (χ1v) is 8.75. The Bertz CT molecular complexity index is 739. The quantitative estimate of drug-likeness (QED) is 0.667. The number of phosphoric acid groups is 1. The Labute approximate surface area is 136 Å². The van der Waals surface area contributed by atoms with E-state index in [4.69, 9.17) is 4.52 Å². The summed E-state index contributed by atoms with van der Waals surface area (Å²) in [6.45, 7) is 2.13. The SMILES string of the molecule is CCc1ccc(C#Cc2ccc(COP(=O)(O)OC)cc2)cc1. The molecular formula is C18H19O4P. The van der Waals surface area contributed by atoms with Gasteiger partial charge in [-0.2, -0.15) is 0 Å². The average Bonchev–Trinajstić information content (AvgIpc) is 2.59. The fourth-order valence-corrected chi connectivity index (χ4v) is 2.28. The Balaban J connectivity index is 2.00. The summed E-state index contributed by atoms with van der Waals surface area (Å²) in [4.78, 5) is 9.18. The van der Waals surface area contributed by atoms with Gasteiger partial charge in [-0.15, -0.1) is 0 Å². The van der Waals surface area contributed by atoms with Gasteiger partial charge in [-0.05, 0) is 41.8 Å². The van der Waals surface area contributed by atoms with Crippen LogP contribution in [0.25, 0.3) is 0 Å². The number of benzene rings is 2. The lowest BCUT2D eigenvalue weighted by molar-refractivity contribution is 0.166. The van der Waals surface area contributed by atoms with Crippen molar-refractivity contribution in [3.8, 4) is 11.8 Å². The molecule has 0 amide bonds. The third kappa shape index (κ3) is 5.67. The first-order valence-electron chi connectivity index (χ1n) is 7.25. The molecule has 0 aliphatic carbocycles. The van der Waals surface area contributed by atoms with Crippen LogP contribution in [-0.4, -0.2) is 12.0 Å². The third-order valence-electron chi connectivity index (χ3n) is 3.29. The van der Waals surface area contributed by atoms with Crippen LogP contribution in [0.5, 0.6) is 0 Å². The van der Waals surface area contributed by atoms with Gasteiger partial charge < -0.3 is 4.89 Å². The van der Waals surface area contributed by atoms with E-state index in [1.54, 1.807) is 12.1 Å². The lowest BCUT2D eigenvalue weighted by Gasteiger charge is -2.08. The maximum Gasteiger partial charge on any atom is 0.472 e. The van der Waals surface area contributed by atoms with Crippen LogP contribution in [0, 0.1) is 11.8 Å². The van der Waals surface area contributed by atoms with Crippen molar-refractivity contribution in [1.82, 2.24) is 0 Å². The Kier molecular flexibility index (Phi) is 6.15. The number of phosphoric ester groups is 1. The summed E-state index contributed by atoms with van der Waals surface area (Å²) in [5, 5.41) is 0. The topological polar surface area (TPSA) is 55.8 Å². The molecule has 0 radical (unpaired) electrons. The second-order valence-electron chi connectivity index (χ2n) is 4.92. The molecule has 0 saturated heterocycles. The molecule has 0 heterocycles. The van der Waals surface area contributed by atoms with Gasteiger partial charge in [-0.1, -0.05) is 43.0 Å². The monoisotopic (exact) mass is 330 g/mol. The number of hydrogen-bond donors (Lipinski definition) is 1. The van der Waals surface area contributed by atoms with E-state index in [1.807, 2.05) is 24.3 Å². The minimum Gasteiger partial charge on any atom is -0.302 e. The molecule has 4 nitrogen and oxygen atoms in total. The molecule has 0 aromatic heterocycles. The van der Waals surface area contributed by atoms with E-state index in [2.05, 4.69) is 35.4 Å². The summed E-state index contributed by atoms with van der Waals surface area (Å²) in [7, 11) is -2.81. The highest BCUT2D eigenvalue weighted by Crippen LogP contribution is 2.42. The van der Waals surface area contributed by atoms with E-state index in [9.17, 15) is 9.46 Å². The van der Waals surface area contributed by atoms with Gasteiger partial charge >= 0.3 is 7.82 Å². The van der Waals surface area contributed by atoms with Crippen LogP contribution in [0.1, 0.15) is 29.2 Å². The van der Waals surface area contributed by atoms with E-state index in [0.29, 0.717) is 0 Å². The summed E-state index contributed by atoms with van der Waals surface area (Å²) < 4.78 is 20.4. The van der Waals surface area contributed by atoms with Gasteiger partial charge in [0.15, 0.2) is 0 Å². The summed E-state index contributed by atoms with van der Waals surface area (Å²) in [6.07, 6.45) is 1.01. The van der Waals surface area contributed by atoms with Gasteiger partial charge in [-0.3, -0.25) is 9.05 Å². The van der Waals surface area contributed by atoms with Gasteiger partial charge in [0, 0.05) is 18.2 Å². The molecule has 2 aromatic rings. The zero-order chi connectivity index (χ0) is 16.7. The first-order chi connectivity index (χ1) is 11.0.